The average Bonchev–Trinajstić information content (AvgIpc) is 2.97. The summed E-state index contributed by atoms with van der Waals surface area (Å²) < 4.78 is 15.5. The van der Waals surface area contributed by atoms with Crippen molar-refractivity contribution in [2.75, 3.05) is 5.32 Å². The van der Waals surface area contributed by atoms with Crippen molar-refractivity contribution < 1.29 is 9.18 Å². The molecule has 0 spiro atoms. The van der Waals surface area contributed by atoms with Gasteiger partial charge in [-0.05, 0) is 50.7 Å². The van der Waals surface area contributed by atoms with Crippen molar-refractivity contribution in [3.05, 3.63) is 82.4 Å². The van der Waals surface area contributed by atoms with Gasteiger partial charge in [0.1, 0.15) is 5.82 Å². The Balaban J connectivity index is 1.64. The third-order valence-electron chi connectivity index (χ3n) is 4.47. The highest BCUT2D eigenvalue weighted by atomic mass is 32.1. The normalized spacial score (nSPS) is 10.5. The maximum Gasteiger partial charge on any atom is 0.273 e. The molecule has 0 unspecified atom stereocenters. The first kappa shape index (κ1) is 20.5. The van der Waals surface area contributed by atoms with Crippen molar-refractivity contribution in [1.82, 2.24) is 20.6 Å². The molecule has 0 aliphatic rings. The second-order valence-electron chi connectivity index (χ2n) is 6.70. The fraction of sp³-hybridized carbons (Fsp3) is 0.190. The van der Waals surface area contributed by atoms with Crippen molar-refractivity contribution in [2.45, 2.75) is 27.3 Å². The van der Waals surface area contributed by atoms with Crippen LogP contribution in [0.2, 0.25) is 0 Å². The second kappa shape index (κ2) is 8.83. The van der Waals surface area contributed by atoms with Crippen molar-refractivity contribution in [3.8, 4) is 0 Å². The van der Waals surface area contributed by atoms with Gasteiger partial charge >= 0.3 is 0 Å². The first-order chi connectivity index (χ1) is 13.8. The Morgan fingerprint density at radius 3 is 2.45 bits per heavy atom. The third kappa shape index (κ3) is 4.97. The Labute approximate surface area is 174 Å². The van der Waals surface area contributed by atoms with Gasteiger partial charge in [0.05, 0.1) is 23.5 Å². The fourth-order valence-corrected chi connectivity index (χ4v) is 3.10. The molecule has 29 heavy (non-hydrogen) atoms. The summed E-state index contributed by atoms with van der Waals surface area (Å²) in [5, 5.41) is 7.26. The van der Waals surface area contributed by atoms with Crippen LogP contribution in [0.3, 0.4) is 0 Å². The molecule has 0 atom stereocenters. The van der Waals surface area contributed by atoms with Gasteiger partial charge in [-0.1, -0.05) is 42.0 Å². The number of para-hydroxylation sites is 1. The molecule has 0 aliphatic carbocycles. The molecule has 1 amide bonds. The average molecular weight is 412 g/mol. The number of thiocarbonyl (C=S) groups is 1. The van der Waals surface area contributed by atoms with E-state index in [-0.39, 0.29) is 16.7 Å². The molecule has 6 nitrogen and oxygen atoms in total. The van der Waals surface area contributed by atoms with Crippen molar-refractivity contribution in [3.63, 3.8) is 0 Å². The molecule has 0 fully saturated rings. The van der Waals surface area contributed by atoms with Gasteiger partial charge < -0.3 is 5.32 Å². The van der Waals surface area contributed by atoms with E-state index in [0.29, 0.717) is 17.8 Å². The molecule has 3 aromatic rings. The lowest BCUT2D eigenvalue weighted by atomic mass is 10.1. The van der Waals surface area contributed by atoms with E-state index in [9.17, 15) is 9.18 Å². The number of benzene rings is 2. The number of hydrazine groups is 1. The summed E-state index contributed by atoms with van der Waals surface area (Å²) in [5.74, 6) is -0.806. The zero-order chi connectivity index (χ0) is 21.0. The minimum Gasteiger partial charge on any atom is -0.329 e. The van der Waals surface area contributed by atoms with Crippen LogP contribution in [0.15, 0.2) is 48.5 Å². The topological polar surface area (TPSA) is 71.0 Å². The molecular formula is C21H22FN5OS. The number of aryl methyl sites for hydroxylation is 2. The molecule has 0 aliphatic heterocycles. The smallest absolute Gasteiger partial charge is 0.273 e. The Hall–Kier alpha value is -3.26. The monoisotopic (exact) mass is 411 g/mol. The van der Waals surface area contributed by atoms with Gasteiger partial charge in [0.2, 0.25) is 0 Å². The molecule has 150 valence electrons. The number of carbonyl (C=O) groups excluding carboxylic acids is 1. The van der Waals surface area contributed by atoms with Crippen LogP contribution in [0.4, 0.5) is 10.1 Å². The number of rotatable bonds is 4. The molecule has 3 rings (SSSR count). The van der Waals surface area contributed by atoms with E-state index >= 15 is 0 Å². The molecule has 0 saturated carbocycles. The number of nitrogens with zero attached hydrogens (tertiary/aromatic N) is 2. The number of aromatic nitrogens is 2. The van der Waals surface area contributed by atoms with Gasteiger partial charge in [-0.3, -0.25) is 20.3 Å². The predicted octanol–water partition coefficient (Wildman–Crippen LogP) is 3.63. The van der Waals surface area contributed by atoms with Crippen LogP contribution in [-0.2, 0) is 6.54 Å². The number of carbonyl (C=O) groups is 1. The maximum atomic E-state index is 13.7. The Kier molecular flexibility index (Phi) is 6.23. The summed E-state index contributed by atoms with van der Waals surface area (Å²) in [5.41, 5.74) is 9.47. The summed E-state index contributed by atoms with van der Waals surface area (Å²) in [7, 11) is 0. The maximum absolute atomic E-state index is 13.7. The Bertz CT molecular complexity index is 1050. The molecule has 2 aromatic carbocycles. The molecule has 1 aromatic heterocycles. The van der Waals surface area contributed by atoms with Crippen LogP contribution in [0.1, 0.15) is 32.9 Å². The van der Waals surface area contributed by atoms with Crippen molar-refractivity contribution in [1.29, 1.82) is 0 Å². The zero-order valence-electron chi connectivity index (χ0n) is 16.4. The van der Waals surface area contributed by atoms with Crippen molar-refractivity contribution >= 4 is 28.9 Å². The number of anilines is 1. The van der Waals surface area contributed by atoms with Crippen LogP contribution in [0.25, 0.3) is 0 Å². The van der Waals surface area contributed by atoms with E-state index in [1.54, 1.807) is 29.8 Å². The highest BCUT2D eigenvalue weighted by Crippen LogP contribution is 2.15. The lowest BCUT2D eigenvalue weighted by Gasteiger charge is -2.12. The number of hydrogen-bond donors (Lipinski definition) is 3. The van der Waals surface area contributed by atoms with Crippen molar-refractivity contribution in [2.24, 2.45) is 0 Å². The largest absolute Gasteiger partial charge is 0.329 e. The highest BCUT2D eigenvalue weighted by molar-refractivity contribution is 7.80. The van der Waals surface area contributed by atoms with Crippen LogP contribution in [0.5, 0.6) is 0 Å². The van der Waals surface area contributed by atoms with Gasteiger partial charge in [0, 0.05) is 5.69 Å². The first-order valence-electron chi connectivity index (χ1n) is 9.06. The van der Waals surface area contributed by atoms with E-state index in [1.165, 1.54) is 11.6 Å². The standard InChI is InChI=1S/C21H22FN5OS/c1-13-8-10-16(11-9-13)12-27-15(3)19(14(2)26-27)20(28)24-25-21(29)23-18-7-5-4-6-17(18)22/h4-11H,12H2,1-3H3,(H,24,28)(H2,23,25,29). The fourth-order valence-electron chi connectivity index (χ4n) is 2.94. The Morgan fingerprint density at radius 2 is 1.76 bits per heavy atom. The van der Waals surface area contributed by atoms with Gasteiger partial charge in [0.25, 0.3) is 5.91 Å². The van der Waals surface area contributed by atoms with E-state index in [0.717, 1.165) is 11.3 Å². The Morgan fingerprint density at radius 1 is 1.07 bits per heavy atom. The predicted molar refractivity (Wildman–Crippen MR) is 115 cm³/mol. The van der Waals surface area contributed by atoms with E-state index < -0.39 is 5.82 Å². The van der Waals surface area contributed by atoms with E-state index in [2.05, 4.69) is 21.3 Å². The quantitative estimate of drug-likeness (QED) is 0.452. The summed E-state index contributed by atoms with van der Waals surface area (Å²) in [4.78, 5) is 12.6. The zero-order valence-corrected chi connectivity index (χ0v) is 17.2. The number of halogens is 1. The van der Waals surface area contributed by atoms with E-state index in [4.69, 9.17) is 12.2 Å². The third-order valence-corrected chi connectivity index (χ3v) is 4.68. The summed E-state index contributed by atoms with van der Waals surface area (Å²) in [6.45, 7) is 6.23. The first-order valence-corrected chi connectivity index (χ1v) is 9.47. The molecular weight excluding hydrogens is 389 g/mol. The summed E-state index contributed by atoms with van der Waals surface area (Å²) in [6.07, 6.45) is 0. The molecule has 0 saturated heterocycles. The number of hydrogen-bond acceptors (Lipinski definition) is 3. The second-order valence-corrected chi connectivity index (χ2v) is 7.11. The highest BCUT2D eigenvalue weighted by Gasteiger charge is 2.19. The number of nitrogens with one attached hydrogen (secondary N) is 3. The van der Waals surface area contributed by atoms with Gasteiger partial charge in [-0.2, -0.15) is 5.10 Å². The summed E-state index contributed by atoms with van der Waals surface area (Å²) >= 11 is 5.11. The molecule has 0 radical (unpaired) electrons. The molecule has 1 heterocycles. The van der Waals surface area contributed by atoms with Gasteiger partial charge in [-0.25, -0.2) is 4.39 Å². The van der Waals surface area contributed by atoms with Gasteiger partial charge in [0.15, 0.2) is 5.11 Å². The summed E-state index contributed by atoms with van der Waals surface area (Å²) in [6, 6.07) is 14.3. The van der Waals surface area contributed by atoms with E-state index in [1.807, 2.05) is 38.1 Å². The lowest BCUT2D eigenvalue weighted by Crippen LogP contribution is -2.44. The minimum atomic E-state index is -0.438. The van der Waals surface area contributed by atoms with Gasteiger partial charge in [-0.15, -0.1) is 0 Å². The number of amides is 1. The minimum absolute atomic E-state index is 0.0748. The van der Waals surface area contributed by atoms with Crippen LogP contribution < -0.4 is 16.2 Å². The van der Waals surface area contributed by atoms with Crippen LogP contribution >= 0.6 is 12.2 Å². The van der Waals surface area contributed by atoms with Crippen LogP contribution in [0, 0.1) is 26.6 Å². The van der Waals surface area contributed by atoms with Crippen LogP contribution in [-0.4, -0.2) is 20.8 Å². The lowest BCUT2D eigenvalue weighted by molar-refractivity contribution is 0.0943. The molecule has 0 bridgehead atoms. The molecule has 3 N–H and O–H groups in total. The molecule has 8 heteroatoms. The SMILES string of the molecule is Cc1ccc(Cn2nc(C)c(C(=O)NNC(=S)Nc3ccccc3F)c2C)cc1.